The number of rotatable bonds is 4. The predicted octanol–water partition coefficient (Wildman–Crippen LogP) is 5.43. The number of alkyl halides is 1. The number of halogens is 2. The zero-order chi connectivity index (χ0) is 11.4. The fourth-order valence-electron chi connectivity index (χ4n) is 1.26. The van der Waals surface area contributed by atoms with Crippen LogP contribution in [0, 0.1) is 0 Å². The van der Waals surface area contributed by atoms with Crippen LogP contribution in [-0.2, 0) is 11.6 Å². The summed E-state index contributed by atoms with van der Waals surface area (Å²) in [6.07, 6.45) is 0. The molecule has 0 unspecified atom stereocenters. The number of hydrogen-bond acceptors (Lipinski definition) is 2. The Hall–Kier alpha value is -0.150. The molecule has 0 fully saturated rings. The second-order valence-corrected chi connectivity index (χ2v) is 6.39. The fraction of sp³-hybridized carbons (Fsp3) is 0.167. The molecule has 0 amide bonds. The highest BCUT2D eigenvalue weighted by molar-refractivity contribution is 7.98. The normalized spacial score (nSPS) is 10.6. The molecule has 0 N–H and O–H groups in total. The average Bonchev–Trinajstić information content (AvgIpc) is 2.73. The van der Waals surface area contributed by atoms with Gasteiger partial charge in [-0.1, -0.05) is 23.7 Å². The SMILES string of the molecule is ClCc1ccc(SCc2ccc(Cl)s2)cc1. The van der Waals surface area contributed by atoms with Crippen LogP contribution in [-0.4, -0.2) is 0 Å². The zero-order valence-electron chi connectivity index (χ0n) is 8.45. The Morgan fingerprint density at radius 2 is 1.81 bits per heavy atom. The van der Waals surface area contributed by atoms with Crippen LogP contribution in [0.4, 0.5) is 0 Å². The zero-order valence-corrected chi connectivity index (χ0v) is 11.6. The molecule has 0 saturated heterocycles. The van der Waals surface area contributed by atoms with Crippen LogP contribution in [0.3, 0.4) is 0 Å². The van der Waals surface area contributed by atoms with E-state index in [0.29, 0.717) is 5.88 Å². The third kappa shape index (κ3) is 3.42. The molecule has 0 spiro atoms. The van der Waals surface area contributed by atoms with Crippen LogP contribution in [0.1, 0.15) is 10.4 Å². The van der Waals surface area contributed by atoms with Gasteiger partial charge in [-0.15, -0.1) is 34.7 Å². The molecular weight excluding hydrogens is 279 g/mol. The van der Waals surface area contributed by atoms with Gasteiger partial charge >= 0.3 is 0 Å². The minimum atomic E-state index is 0.575. The van der Waals surface area contributed by atoms with Crippen LogP contribution in [0.15, 0.2) is 41.3 Å². The van der Waals surface area contributed by atoms with Gasteiger partial charge in [0.25, 0.3) is 0 Å². The van der Waals surface area contributed by atoms with Crippen molar-refractivity contribution in [2.24, 2.45) is 0 Å². The highest BCUT2D eigenvalue weighted by atomic mass is 35.5. The molecule has 0 aliphatic rings. The van der Waals surface area contributed by atoms with Gasteiger partial charge in [-0.3, -0.25) is 0 Å². The van der Waals surface area contributed by atoms with Crippen molar-refractivity contribution in [2.75, 3.05) is 0 Å². The minimum absolute atomic E-state index is 0.575. The molecule has 0 nitrogen and oxygen atoms in total. The molecule has 84 valence electrons. The van der Waals surface area contributed by atoms with Crippen LogP contribution < -0.4 is 0 Å². The Morgan fingerprint density at radius 1 is 1.06 bits per heavy atom. The first-order valence-corrected chi connectivity index (χ1v) is 7.51. The van der Waals surface area contributed by atoms with Crippen molar-refractivity contribution in [1.82, 2.24) is 0 Å². The lowest BCUT2D eigenvalue weighted by Crippen LogP contribution is -1.78. The third-order valence-corrected chi connectivity index (χ3v) is 4.87. The van der Waals surface area contributed by atoms with E-state index in [1.807, 2.05) is 17.8 Å². The molecule has 2 rings (SSSR count). The summed E-state index contributed by atoms with van der Waals surface area (Å²) in [7, 11) is 0. The van der Waals surface area contributed by atoms with E-state index in [2.05, 4.69) is 30.3 Å². The van der Waals surface area contributed by atoms with Gasteiger partial charge in [-0.25, -0.2) is 0 Å². The number of benzene rings is 1. The molecule has 2 aromatic rings. The molecule has 0 atom stereocenters. The fourth-order valence-corrected chi connectivity index (χ4v) is 3.47. The van der Waals surface area contributed by atoms with Crippen molar-refractivity contribution in [3.63, 3.8) is 0 Å². The smallest absolute Gasteiger partial charge is 0.0931 e. The van der Waals surface area contributed by atoms with Crippen molar-refractivity contribution in [2.45, 2.75) is 16.5 Å². The Bertz CT molecular complexity index is 448. The van der Waals surface area contributed by atoms with Crippen LogP contribution in [0.5, 0.6) is 0 Å². The van der Waals surface area contributed by atoms with Crippen LogP contribution in [0.25, 0.3) is 0 Å². The van der Waals surface area contributed by atoms with E-state index in [0.717, 1.165) is 15.7 Å². The molecule has 0 saturated carbocycles. The Labute approximate surface area is 114 Å². The minimum Gasteiger partial charge on any atom is -0.128 e. The quantitative estimate of drug-likeness (QED) is 0.534. The van der Waals surface area contributed by atoms with Gasteiger partial charge in [0, 0.05) is 21.4 Å². The summed E-state index contributed by atoms with van der Waals surface area (Å²) in [4.78, 5) is 2.56. The van der Waals surface area contributed by atoms with Crippen LogP contribution in [0.2, 0.25) is 4.34 Å². The summed E-state index contributed by atoms with van der Waals surface area (Å²) < 4.78 is 0.855. The summed E-state index contributed by atoms with van der Waals surface area (Å²) in [6, 6.07) is 12.4. The monoisotopic (exact) mass is 288 g/mol. The molecule has 1 aromatic carbocycles. The van der Waals surface area contributed by atoms with E-state index < -0.39 is 0 Å². The molecule has 16 heavy (non-hydrogen) atoms. The topological polar surface area (TPSA) is 0 Å². The highest BCUT2D eigenvalue weighted by Gasteiger charge is 2.00. The first kappa shape index (κ1) is 12.3. The van der Waals surface area contributed by atoms with Gasteiger partial charge in [-0.2, -0.15) is 0 Å². The van der Waals surface area contributed by atoms with Crippen molar-refractivity contribution < 1.29 is 0 Å². The third-order valence-electron chi connectivity index (χ3n) is 2.09. The summed E-state index contributed by atoms with van der Waals surface area (Å²) in [5, 5.41) is 0. The van der Waals surface area contributed by atoms with E-state index >= 15 is 0 Å². The molecule has 0 bridgehead atoms. The first-order valence-electron chi connectivity index (χ1n) is 4.80. The maximum Gasteiger partial charge on any atom is 0.0931 e. The summed E-state index contributed by atoms with van der Waals surface area (Å²) in [5.41, 5.74) is 1.16. The van der Waals surface area contributed by atoms with Crippen molar-refractivity contribution >= 4 is 46.3 Å². The number of hydrogen-bond donors (Lipinski definition) is 0. The Morgan fingerprint density at radius 3 is 2.38 bits per heavy atom. The van der Waals surface area contributed by atoms with E-state index in [1.54, 1.807) is 11.3 Å². The van der Waals surface area contributed by atoms with Gasteiger partial charge in [0.05, 0.1) is 4.34 Å². The average molecular weight is 289 g/mol. The highest BCUT2D eigenvalue weighted by Crippen LogP contribution is 2.29. The van der Waals surface area contributed by atoms with E-state index in [1.165, 1.54) is 9.77 Å². The second kappa shape index (κ2) is 5.97. The maximum absolute atomic E-state index is 5.88. The van der Waals surface area contributed by atoms with E-state index in [9.17, 15) is 0 Å². The summed E-state index contributed by atoms with van der Waals surface area (Å²) in [5.74, 6) is 1.54. The van der Waals surface area contributed by atoms with Gasteiger partial charge in [-0.05, 0) is 29.8 Å². The molecule has 4 heteroatoms. The molecule has 0 radical (unpaired) electrons. The van der Waals surface area contributed by atoms with Crippen molar-refractivity contribution in [3.05, 3.63) is 51.2 Å². The molecule has 1 aromatic heterocycles. The first-order chi connectivity index (χ1) is 7.78. The van der Waals surface area contributed by atoms with Gasteiger partial charge < -0.3 is 0 Å². The Kier molecular flexibility index (Phi) is 4.59. The lowest BCUT2D eigenvalue weighted by molar-refractivity contribution is 1.33. The molecule has 0 aliphatic carbocycles. The summed E-state index contributed by atoms with van der Waals surface area (Å²) in [6.45, 7) is 0. The number of thiophene rings is 1. The van der Waals surface area contributed by atoms with E-state index in [-0.39, 0.29) is 0 Å². The van der Waals surface area contributed by atoms with Crippen molar-refractivity contribution in [1.29, 1.82) is 0 Å². The molecular formula is C12H10Cl2S2. The maximum atomic E-state index is 5.88. The largest absolute Gasteiger partial charge is 0.128 e. The number of thioether (sulfide) groups is 1. The van der Waals surface area contributed by atoms with Gasteiger partial charge in [0.15, 0.2) is 0 Å². The molecule has 1 heterocycles. The standard InChI is InChI=1S/C12H10Cl2S2/c13-7-9-1-3-10(4-2-9)15-8-11-5-6-12(14)16-11/h1-6H,7-8H2. The van der Waals surface area contributed by atoms with Gasteiger partial charge in [0.1, 0.15) is 0 Å². The Balaban J connectivity index is 1.94. The lowest BCUT2D eigenvalue weighted by atomic mass is 10.2. The summed E-state index contributed by atoms with van der Waals surface area (Å²) >= 11 is 15.1. The second-order valence-electron chi connectivity index (χ2n) is 3.27. The predicted molar refractivity (Wildman–Crippen MR) is 74.9 cm³/mol. The molecule has 0 aliphatic heterocycles. The van der Waals surface area contributed by atoms with Gasteiger partial charge in [0.2, 0.25) is 0 Å². The van der Waals surface area contributed by atoms with Crippen LogP contribution >= 0.6 is 46.3 Å². The van der Waals surface area contributed by atoms with Crippen molar-refractivity contribution in [3.8, 4) is 0 Å². The lowest BCUT2D eigenvalue weighted by Gasteiger charge is -2.00. The van der Waals surface area contributed by atoms with E-state index in [4.69, 9.17) is 23.2 Å².